The molecule has 0 radical (unpaired) electrons. The van der Waals surface area contributed by atoms with Crippen molar-refractivity contribution in [2.75, 3.05) is 19.0 Å². The first-order valence-corrected chi connectivity index (χ1v) is 6.89. The lowest BCUT2D eigenvalue weighted by Crippen LogP contribution is -2.30. The largest absolute Gasteiger partial charge is 0.497 e. The summed E-state index contributed by atoms with van der Waals surface area (Å²) in [4.78, 5) is 11.8. The number of carbonyl (C=O) groups excluding carboxylic acids is 1. The normalized spacial score (nSPS) is 9.64. The maximum absolute atomic E-state index is 11.8. The Bertz CT molecular complexity index is 675. The third-order valence-electron chi connectivity index (χ3n) is 3.11. The summed E-state index contributed by atoms with van der Waals surface area (Å²) >= 11 is 0. The standard InChI is InChI=1S/C17H17N3O2/c1-22-16-4-2-3-13(11-16)9-10-19-17(21)20-15-7-5-14(12-18)6-8-15/h2-8,11H,9-10H2,1H3,(H2,19,20,21). The smallest absolute Gasteiger partial charge is 0.319 e. The van der Waals surface area contributed by atoms with Gasteiger partial charge in [-0.25, -0.2) is 4.79 Å². The molecule has 0 heterocycles. The topological polar surface area (TPSA) is 74.2 Å². The maximum atomic E-state index is 11.8. The van der Waals surface area contributed by atoms with Gasteiger partial charge in [-0.05, 0) is 48.4 Å². The van der Waals surface area contributed by atoms with Crippen LogP contribution in [0.15, 0.2) is 48.5 Å². The molecule has 0 aliphatic carbocycles. The molecule has 0 saturated carbocycles. The first-order chi connectivity index (χ1) is 10.7. The van der Waals surface area contributed by atoms with Gasteiger partial charge in [-0.15, -0.1) is 0 Å². The molecule has 2 rings (SSSR count). The zero-order valence-electron chi connectivity index (χ0n) is 12.3. The van der Waals surface area contributed by atoms with E-state index >= 15 is 0 Å². The third-order valence-corrected chi connectivity index (χ3v) is 3.11. The number of nitrogens with one attached hydrogen (secondary N) is 2. The van der Waals surface area contributed by atoms with Crippen LogP contribution in [0.3, 0.4) is 0 Å². The molecule has 2 N–H and O–H groups in total. The van der Waals surface area contributed by atoms with Crippen molar-refractivity contribution in [3.63, 3.8) is 0 Å². The van der Waals surface area contributed by atoms with Gasteiger partial charge < -0.3 is 15.4 Å². The second-order valence-corrected chi connectivity index (χ2v) is 4.67. The number of anilines is 1. The average Bonchev–Trinajstić information content (AvgIpc) is 2.56. The summed E-state index contributed by atoms with van der Waals surface area (Å²) in [6.45, 7) is 0.523. The van der Waals surface area contributed by atoms with Crippen molar-refractivity contribution in [1.29, 1.82) is 5.26 Å². The van der Waals surface area contributed by atoms with E-state index in [1.165, 1.54) is 0 Å². The fourth-order valence-electron chi connectivity index (χ4n) is 1.95. The molecule has 0 bridgehead atoms. The Morgan fingerprint density at radius 1 is 1.23 bits per heavy atom. The Kier molecular flexibility index (Phi) is 5.38. The number of nitrogens with zero attached hydrogens (tertiary/aromatic N) is 1. The van der Waals surface area contributed by atoms with Gasteiger partial charge >= 0.3 is 6.03 Å². The molecular weight excluding hydrogens is 278 g/mol. The fourth-order valence-corrected chi connectivity index (χ4v) is 1.95. The van der Waals surface area contributed by atoms with Crippen molar-refractivity contribution in [2.45, 2.75) is 6.42 Å². The minimum absolute atomic E-state index is 0.271. The highest BCUT2D eigenvalue weighted by atomic mass is 16.5. The number of carbonyl (C=O) groups is 1. The molecular formula is C17H17N3O2. The molecule has 2 aromatic rings. The molecule has 0 fully saturated rings. The van der Waals surface area contributed by atoms with Crippen molar-refractivity contribution in [2.24, 2.45) is 0 Å². The number of benzene rings is 2. The van der Waals surface area contributed by atoms with Crippen LogP contribution in [0.5, 0.6) is 5.75 Å². The van der Waals surface area contributed by atoms with Gasteiger partial charge in [-0.2, -0.15) is 5.26 Å². The first kappa shape index (κ1) is 15.4. The summed E-state index contributed by atoms with van der Waals surface area (Å²) < 4.78 is 5.16. The highest BCUT2D eigenvalue weighted by Gasteiger charge is 2.02. The Morgan fingerprint density at radius 3 is 2.68 bits per heavy atom. The zero-order valence-corrected chi connectivity index (χ0v) is 12.3. The second kappa shape index (κ2) is 7.70. The zero-order chi connectivity index (χ0) is 15.8. The molecule has 0 aromatic heterocycles. The predicted octanol–water partition coefficient (Wildman–Crippen LogP) is 2.93. The van der Waals surface area contributed by atoms with E-state index in [-0.39, 0.29) is 6.03 Å². The lowest BCUT2D eigenvalue weighted by molar-refractivity contribution is 0.252. The van der Waals surface area contributed by atoms with Gasteiger partial charge in [0.05, 0.1) is 18.7 Å². The lowest BCUT2D eigenvalue weighted by Gasteiger charge is -2.08. The van der Waals surface area contributed by atoms with Gasteiger partial charge in [0, 0.05) is 12.2 Å². The first-order valence-electron chi connectivity index (χ1n) is 6.89. The van der Waals surface area contributed by atoms with Crippen molar-refractivity contribution in [3.05, 3.63) is 59.7 Å². The highest BCUT2D eigenvalue weighted by Crippen LogP contribution is 2.12. The van der Waals surface area contributed by atoms with Crippen LogP contribution >= 0.6 is 0 Å². The number of urea groups is 1. The van der Waals surface area contributed by atoms with Crippen molar-refractivity contribution in [1.82, 2.24) is 5.32 Å². The quantitative estimate of drug-likeness (QED) is 0.890. The summed E-state index contributed by atoms with van der Waals surface area (Å²) in [6.07, 6.45) is 0.720. The molecule has 0 aliphatic rings. The van der Waals surface area contributed by atoms with E-state index in [0.717, 1.165) is 17.7 Å². The van der Waals surface area contributed by atoms with Crippen LogP contribution in [-0.2, 0) is 6.42 Å². The van der Waals surface area contributed by atoms with E-state index < -0.39 is 0 Å². The summed E-state index contributed by atoms with van der Waals surface area (Å²) in [5, 5.41) is 14.2. The fraction of sp³-hybridized carbons (Fsp3) is 0.176. The molecule has 5 nitrogen and oxygen atoms in total. The Morgan fingerprint density at radius 2 is 2.00 bits per heavy atom. The number of hydrogen-bond donors (Lipinski definition) is 2. The number of rotatable bonds is 5. The summed E-state index contributed by atoms with van der Waals surface area (Å²) in [7, 11) is 1.63. The predicted molar refractivity (Wildman–Crippen MR) is 84.9 cm³/mol. The molecule has 0 unspecified atom stereocenters. The van der Waals surface area contributed by atoms with Gasteiger partial charge in [0.15, 0.2) is 0 Å². The molecule has 2 aromatic carbocycles. The summed E-state index contributed by atoms with van der Waals surface area (Å²) in [5.74, 6) is 0.805. The number of amides is 2. The van der Waals surface area contributed by atoms with Crippen molar-refractivity contribution < 1.29 is 9.53 Å². The van der Waals surface area contributed by atoms with Crippen LogP contribution in [-0.4, -0.2) is 19.7 Å². The van der Waals surface area contributed by atoms with Gasteiger partial charge in [0.2, 0.25) is 0 Å². The maximum Gasteiger partial charge on any atom is 0.319 e. The monoisotopic (exact) mass is 295 g/mol. The summed E-state index contributed by atoms with van der Waals surface area (Å²) in [6, 6.07) is 16.2. The number of hydrogen-bond acceptors (Lipinski definition) is 3. The second-order valence-electron chi connectivity index (χ2n) is 4.67. The molecule has 5 heteroatoms. The van der Waals surface area contributed by atoms with E-state index in [4.69, 9.17) is 10.00 Å². The average molecular weight is 295 g/mol. The lowest BCUT2D eigenvalue weighted by atomic mass is 10.1. The molecule has 0 saturated heterocycles. The van der Waals surface area contributed by atoms with Crippen LogP contribution < -0.4 is 15.4 Å². The summed E-state index contributed by atoms with van der Waals surface area (Å²) in [5.41, 5.74) is 2.31. The van der Waals surface area contributed by atoms with Crippen molar-refractivity contribution in [3.8, 4) is 11.8 Å². The van der Waals surface area contributed by atoms with E-state index in [1.54, 1.807) is 31.4 Å². The van der Waals surface area contributed by atoms with Crippen molar-refractivity contribution >= 4 is 11.7 Å². The third kappa shape index (κ3) is 4.53. The molecule has 0 atom stereocenters. The van der Waals surface area contributed by atoms with Gasteiger partial charge in [-0.3, -0.25) is 0 Å². The van der Waals surface area contributed by atoms with E-state index in [9.17, 15) is 4.79 Å². The molecule has 0 aliphatic heterocycles. The molecule has 2 amide bonds. The van der Waals surface area contributed by atoms with Crippen LogP contribution in [0.2, 0.25) is 0 Å². The van der Waals surface area contributed by atoms with E-state index in [1.807, 2.05) is 30.3 Å². The van der Waals surface area contributed by atoms with Crippen LogP contribution in [0.4, 0.5) is 10.5 Å². The minimum Gasteiger partial charge on any atom is -0.497 e. The van der Waals surface area contributed by atoms with Gasteiger partial charge in [0.25, 0.3) is 0 Å². The Balaban J connectivity index is 1.78. The number of ether oxygens (including phenoxy) is 1. The molecule has 112 valence electrons. The van der Waals surface area contributed by atoms with E-state index in [2.05, 4.69) is 10.6 Å². The number of nitriles is 1. The van der Waals surface area contributed by atoms with E-state index in [0.29, 0.717) is 17.8 Å². The van der Waals surface area contributed by atoms with Gasteiger partial charge in [0.1, 0.15) is 5.75 Å². The Hall–Kier alpha value is -3.00. The van der Waals surface area contributed by atoms with Crippen LogP contribution in [0.25, 0.3) is 0 Å². The molecule has 0 spiro atoms. The highest BCUT2D eigenvalue weighted by molar-refractivity contribution is 5.89. The SMILES string of the molecule is COc1cccc(CCNC(=O)Nc2ccc(C#N)cc2)c1. The van der Waals surface area contributed by atoms with Crippen LogP contribution in [0.1, 0.15) is 11.1 Å². The van der Waals surface area contributed by atoms with Gasteiger partial charge in [-0.1, -0.05) is 12.1 Å². The number of methoxy groups -OCH3 is 1. The minimum atomic E-state index is -0.271. The van der Waals surface area contributed by atoms with Crippen LogP contribution in [0, 0.1) is 11.3 Å². The Labute approximate surface area is 129 Å². The molecule has 22 heavy (non-hydrogen) atoms.